The van der Waals surface area contributed by atoms with Gasteiger partial charge in [-0.2, -0.15) is 0 Å². The van der Waals surface area contributed by atoms with Crippen molar-refractivity contribution in [2.45, 2.75) is 11.0 Å². The molecule has 1 atom stereocenters. The van der Waals surface area contributed by atoms with Crippen molar-refractivity contribution < 1.29 is 27.1 Å². The van der Waals surface area contributed by atoms with Crippen LogP contribution in [0.25, 0.3) is 0 Å². The van der Waals surface area contributed by atoms with E-state index in [2.05, 4.69) is 5.32 Å². The Balaban J connectivity index is 1.73. The highest BCUT2D eigenvalue weighted by Crippen LogP contribution is 2.39. The topological polar surface area (TPSA) is 111 Å². The Bertz CT molecular complexity index is 1330. The summed E-state index contributed by atoms with van der Waals surface area (Å²) in [6.07, 6.45) is -0.564. The van der Waals surface area contributed by atoms with Gasteiger partial charge in [0.1, 0.15) is 17.7 Å². The molecule has 0 radical (unpaired) electrons. The number of benzene rings is 3. The van der Waals surface area contributed by atoms with Gasteiger partial charge in [0, 0.05) is 18.5 Å². The molecule has 4 rings (SSSR count). The minimum absolute atomic E-state index is 0.00379. The van der Waals surface area contributed by atoms with E-state index in [9.17, 15) is 17.6 Å². The van der Waals surface area contributed by atoms with Gasteiger partial charge in [-0.1, -0.05) is 23.7 Å². The maximum Gasteiger partial charge on any atom is 0.264 e. The van der Waals surface area contributed by atoms with Crippen LogP contribution < -0.4 is 20.1 Å². The molecule has 11 heteroatoms. The molecular formula is C23H21ClFN3O5S. The van der Waals surface area contributed by atoms with Crippen molar-refractivity contribution in [1.82, 2.24) is 0 Å². The van der Waals surface area contributed by atoms with Gasteiger partial charge < -0.3 is 20.5 Å². The maximum absolute atomic E-state index is 14.2. The Morgan fingerprint density at radius 2 is 2.00 bits per heavy atom. The molecule has 0 aromatic heterocycles. The molecule has 178 valence electrons. The van der Waals surface area contributed by atoms with Crippen molar-refractivity contribution in [1.29, 1.82) is 0 Å². The highest BCUT2D eigenvalue weighted by molar-refractivity contribution is 7.92. The number of carbonyl (C=O) groups is 1. The van der Waals surface area contributed by atoms with Gasteiger partial charge in [0.2, 0.25) is 0 Å². The smallest absolute Gasteiger partial charge is 0.264 e. The summed E-state index contributed by atoms with van der Waals surface area (Å²) in [5.41, 5.74) is 6.20. The molecule has 1 amide bonds. The molecule has 0 saturated heterocycles. The Hall–Kier alpha value is -3.34. The molecule has 1 aliphatic heterocycles. The van der Waals surface area contributed by atoms with Crippen molar-refractivity contribution in [2.75, 3.05) is 35.6 Å². The quantitative estimate of drug-likeness (QED) is 0.491. The monoisotopic (exact) mass is 505 g/mol. The first kappa shape index (κ1) is 23.8. The van der Waals surface area contributed by atoms with E-state index < -0.39 is 27.9 Å². The van der Waals surface area contributed by atoms with Gasteiger partial charge >= 0.3 is 0 Å². The van der Waals surface area contributed by atoms with E-state index in [0.717, 1.165) is 6.07 Å². The zero-order valence-electron chi connectivity index (χ0n) is 18.0. The van der Waals surface area contributed by atoms with Crippen LogP contribution in [-0.4, -0.2) is 40.7 Å². The third-order valence-electron chi connectivity index (χ3n) is 5.14. The van der Waals surface area contributed by atoms with E-state index in [1.807, 2.05) is 0 Å². The number of hydrogen-bond acceptors (Lipinski definition) is 6. The van der Waals surface area contributed by atoms with E-state index in [4.69, 9.17) is 26.8 Å². The van der Waals surface area contributed by atoms with E-state index in [-0.39, 0.29) is 45.8 Å². The summed E-state index contributed by atoms with van der Waals surface area (Å²) in [5.74, 6) is -1.27. The van der Waals surface area contributed by atoms with Crippen LogP contribution in [0.15, 0.2) is 65.6 Å². The second kappa shape index (κ2) is 9.49. The number of nitrogens with two attached hydrogens (primary N) is 1. The first-order valence-electron chi connectivity index (χ1n) is 10.1. The van der Waals surface area contributed by atoms with Crippen molar-refractivity contribution >= 4 is 44.6 Å². The first-order chi connectivity index (χ1) is 16.2. The standard InChI is InChI=1S/C23H21ClFN3O5S/c1-32-13-16-12-28(34(30,31)17-5-2-4-14(26)10-17)20-11-15(8-9-21(20)33-16)27-23(29)22-18(24)6-3-7-19(22)25/h2-11,16H,12-13,26H2,1H3,(H,27,29). The normalized spacial score (nSPS) is 15.4. The highest BCUT2D eigenvalue weighted by atomic mass is 35.5. The number of amides is 1. The van der Waals surface area contributed by atoms with Crippen molar-refractivity contribution in [3.05, 3.63) is 77.1 Å². The average Bonchev–Trinajstić information content (AvgIpc) is 2.79. The summed E-state index contributed by atoms with van der Waals surface area (Å²) < 4.78 is 53.4. The van der Waals surface area contributed by atoms with Crippen LogP contribution in [0.5, 0.6) is 5.75 Å². The lowest BCUT2D eigenvalue weighted by Gasteiger charge is -2.35. The number of hydrogen-bond donors (Lipinski definition) is 2. The third kappa shape index (κ3) is 4.65. The van der Waals surface area contributed by atoms with Gasteiger partial charge in [-0.15, -0.1) is 0 Å². The number of sulfonamides is 1. The fourth-order valence-corrected chi connectivity index (χ4v) is 5.40. The summed E-state index contributed by atoms with van der Waals surface area (Å²) in [5, 5.41) is 2.51. The predicted molar refractivity (Wildman–Crippen MR) is 127 cm³/mol. The fraction of sp³-hybridized carbons (Fsp3) is 0.174. The second-order valence-corrected chi connectivity index (χ2v) is 9.81. The molecule has 1 aliphatic rings. The van der Waals surface area contributed by atoms with Crippen molar-refractivity contribution in [3.8, 4) is 5.75 Å². The zero-order chi connectivity index (χ0) is 24.5. The van der Waals surface area contributed by atoms with Gasteiger partial charge in [0.05, 0.1) is 34.3 Å². The number of halogens is 2. The number of fused-ring (bicyclic) bond motifs is 1. The Morgan fingerprint density at radius 1 is 1.24 bits per heavy atom. The molecule has 34 heavy (non-hydrogen) atoms. The lowest BCUT2D eigenvalue weighted by Crippen LogP contribution is -2.45. The lowest BCUT2D eigenvalue weighted by atomic mass is 10.1. The number of anilines is 3. The number of nitrogens with zero attached hydrogens (tertiary/aromatic N) is 1. The van der Waals surface area contributed by atoms with Crippen LogP contribution >= 0.6 is 11.6 Å². The second-order valence-electron chi connectivity index (χ2n) is 7.54. The van der Waals surface area contributed by atoms with E-state index in [1.165, 1.54) is 53.9 Å². The Kier molecular flexibility index (Phi) is 6.65. The summed E-state index contributed by atoms with van der Waals surface area (Å²) in [6.45, 7) is 0.126. The Morgan fingerprint density at radius 3 is 2.71 bits per heavy atom. The van der Waals surface area contributed by atoms with Gasteiger partial charge in [-0.05, 0) is 48.5 Å². The maximum atomic E-state index is 14.2. The van der Waals surface area contributed by atoms with E-state index in [1.54, 1.807) is 12.1 Å². The van der Waals surface area contributed by atoms with Crippen LogP contribution in [0.3, 0.4) is 0 Å². The molecule has 1 heterocycles. The van der Waals surface area contributed by atoms with E-state index in [0.29, 0.717) is 5.69 Å². The largest absolute Gasteiger partial charge is 0.484 e. The minimum atomic E-state index is -4.04. The zero-order valence-corrected chi connectivity index (χ0v) is 19.6. The molecule has 1 unspecified atom stereocenters. The van der Waals surface area contributed by atoms with Crippen LogP contribution in [0, 0.1) is 5.82 Å². The van der Waals surface area contributed by atoms with Gasteiger partial charge in [0.25, 0.3) is 15.9 Å². The molecular weight excluding hydrogens is 485 g/mol. The molecule has 0 spiro atoms. The van der Waals surface area contributed by atoms with E-state index >= 15 is 0 Å². The molecule has 0 aliphatic carbocycles. The van der Waals surface area contributed by atoms with Gasteiger partial charge in [0.15, 0.2) is 0 Å². The van der Waals surface area contributed by atoms with Crippen LogP contribution in [-0.2, 0) is 14.8 Å². The number of methoxy groups -OCH3 is 1. The number of nitrogens with one attached hydrogen (secondary N) is 1. The van der Waals surface area contributed by atoms with Crippen molar-refractivity contribution in [3.63, 3.8) is 0 Å². The van der Waals surface area contributed by atoms with Gasteiger partial charge in [-0.3, -0.25) is 9.10 Å². The number of carbonyl (C=O) groups excluding carboxylic acids is 1. The predicted octanol–water partition coefficient (Wildman–Crippen LogP) is 3.92. The molecule has 8 nitrogen and oxygen atoms in total. The number of rotatable bonds is 6. The summed E-state index contributed by atoms with van der Waals surface area (Å²) in [6, 6.07) is 14.3. The number of nitrogen functional groups attached to an aromatic ring is 1. The molecule has 3 aromatic carbocycles. The Labute approximate surface area is 201 Å². The number of ether oxygens (including phenoxy) is 2. The van der Waals surface area contributed by atoms with Gasteiger partial charge in [-0.25, -0.2) is 12.8 Å². The van der Waals surface area contributed by atoms with Crippen molar-refractivity contribution in [2.24, 2.45) is 0 Å². The average molecular weight is 506 g/mol. The molecule has 3 N–H and O–H groups in total. The third-order valence-corrected chi connectivity index (χ3v) is 7.23. The van der Waals surface area contributed by atoms with Crippen LogP contribution in [0.1, 0.15) is 10.4 Å². The fourth-order valence-electron chi connectivity index (χ4n) is 3.60. The SMILES string of the molecule is COCC1CN(S(=O)(=O)c2cccc(N)c2)c2cc(NC(=O)c3c(F)cccc3Cl)ccc2O1. The van der Waals surface area contributed by atoms with Crippen LogP contribution in [0.2, 0.25) is 5.02 Å². The molecule has 0 bridgehead atoms. The summed E-state index contributed by atoms with van der Waals surface area (Å²) in [7, 11) is -2.55. The minimum Gasteiger partial charge on any atom is -0.484 e. The lowest BCUT2D eigenvalue weighted by molar-refractivity contribution is 0.0820. The first-order valence-corrected chi connectivity index (χ1v) is 12.0. The molecule has 3 aromatic rings. The summed E-state index contributed by atoms with van der Waals surface area (Å²) >= 11 is 5.98. The highest BCUT2D eigenvalue weighted by Gasteiger charge is 2.35. The molecule has 0 fully saturated rings. The summed E-state index contributed by atoms with van der Waals surface area (Å²) in [4.78, 5) is 12.7. The van der Waals surface area contributed by atoms with Crippen LogP contribution in [0.4, 0.5) is 21.5 Å². The molecule has 0 saturated carbocycles.